The highest BCUT2D eigenvalue weighted by molar-refractivity contribution is 7.17. The first-order valence-electron chi connectivity index (χ1n) is 8.66. The molecule has 0 amide bonds. The molecule has 0 saturated carbocycles. The van der Waals surface area contributed by atoms with E-state index in [-0.39, 0.29) is 5.69 Å². The van der Waals surface area contributed by atoms with E-state index < -0.39 is 5.97 Å². The average molecular weight is 409 g/mol. The number of ether oxygens (including phenoxy) is 2. The van der Waals surface area contributed by atoms with E-state index in [2.05, 4.69) is 24.9 Å². The van der Waals surface area contributed by atoms with Crippen molar-refractivity contribution in [2.45, 2.75) is 6.42 Å². The van der Waals surface area contributed by atoms with Crippen LogP contribution in [0, 0.1) is 0 Å². The minimum Gasteiger partial charge on any atom is -0.492 e. The Morgan fingerprint density at radius 3 is 2.69 bits per heavy atom. The van der Waals surface area contributed by atoms with Crippen LogP contribution in [0.5, 0.6) is 11.6 Å². The molecule has 0 fully saturated rings. The zero-order valence-corrected chi connectivity index (χ0v) is 15.9. The van der Waals surface area contributed by atoms with Crippen LogP contribution in [0.25, 0.3) is 21.5 Å². The average Bonchev–Trinajstić information content (AvgIpc) is 3.19. The highest BCUT2D eigenvalue weighted by atomic mass is 32.1. The van der Waals surface area contributed by atoms with Crippen molar-refractivity contribution >= 4 is 27.5 Å². The molecule has 1 N–H and O–H groups in total. The molecule has 0 radical (unpaired) electrons. The summed E-state index contributed by atoms with van der Waals surface area (Å²) in [4.78, 5) is 32.4. The van der Waals surface area contributed by atoms with Gasteiger partial charge in [0.25, 0.3) is 0 Å². The minimum atomic E-state index is -1.07. The van der Waals surface area contributed by atoms with E-state index in [0.29, 0.717) is 31.3 Å². The van der Waals surface area contributed by atoms with Gasteiger partial charge in [0.15, 0.2) is 0 Å². The molecule has 0 aliphatic carbocycles. The number of carboxylic acid groups (broad SMARTS) is 1. The Morgan fingerprint density at radius 1 is 1.03 bits per heavy atom. The number of nitrogens with zero attached hydrogens (tertiary/aromatic N) is 5. The molecule has 0 aliphatic heterocycles. The molecular weight excluding hydrogens is 394 g/mol. The molecule has 10 heteroatoms. The molecule has 4 aromatic heterocycles. The normalized spacial score (nSPS) is 10.8. The summed E-state index contributed by atoms with van der Waals surface area (Å²) in [6.45, 7) is 0.783. The van der Waals surface area contributed by atoms with Gasteiger partial charge in [-0.25, -0.2) is 19.7 Å². The fraction of sp³-hybridized carbons (Fsp3) is 0.158. The lowest BCUT2D eigenvalue weighted by Crippen LogP contribution is -2.07. The SMILES string of the molecule is O=C(O)c1ccc(OCCCOc2ncnc3scc(-c4cnccn4)c23)cn1. The smallest absolute Gasteiger partial charge is 0.354 e. The third kappa shape index (κ3) is 4.27. The Balaban J connectivity index is 1.37. The summed E-state index contributed by atoms with van der Waals surface area (Å²) in [5.41, 5.74) is 1.59. The van der Waals surface area contributed by atoms with Crippen molar-refractivity contribution in [3.05, 3.63) is 54.3 Å². The van der Waals surface area contributed by atoms with Crippen molar-refractivity contribution in [1.29, 1.82) is 0 Å². The molecule has 0 atom stereocenters. The van der Waals surface area contributed by atoms with Gasteiger partial charge >= 0.3 is 5.97 Å². The number of carboxylic acids is 1. The van der Waals surface area contributed by atoms with Crippen LogP contribution in [-0.2, 0) is 0 Å². The van der Waals surface area contributed by atoms with E-state index in [9.17, 15) is 4.79 Å². The maximum Gasteiger partial charge on any atom is 0.354 e. The largest absolute Gasteiger partial charge is 0.492 e. The summed E-state index contributed by atoms with van der Waals surface area (Å²) in [5.74, 6) is -0.0815. The van der Waals surface area contributed by atoms with Gasteiger partial charge in [0.1, 0.15) is 22.6 Å². The number of aromatic carboxylic acids is 1. The molecule has 0 saturated heterocycles. The second-order valence-corrected chi connectivity index (χ2v) is 6.69. The van der Waals surface area contributed by atoms with Crippen LogP contribution < -0.4 is 9.47 Å². The number of thiophene rings is 1. The van der Waals surface area contributed by atoms with E-state index >= 15 is 0 Å². The number of fused-ring (bicyclic) bond motifs is 1. The van der Waals surface area contributed by atoms with Crippen LogP contribution in [0.1, 0.15) is 16.9 Å². The molecular formula is C19H15N5O4S. The van der Waals surface area contributed by atoms with Crippen LogP contribution in [0.3, 0.4) is 0 Å². The van der Waals surface area contributed by atoms with Gasteiger partial charge in [-0.05, 0) is 12.1 Å². The Hall–Kier alpha value is -3.66. The Morgan fingerprint density at radius 2 is 1.93 bits per heavy atom. The zero-order valence-electron chi connectivity index (χ0n) is 15.1. The summed E-state index contributed by atoms with van der Waals surface area (Å²) in [6, 6.07) is 2.97. The lowest BCUT2D eigenvalue weighted by atomic mass is 10.2. The molecule has 0 aromatic carbocycles. The van der Waals surface area contributed by atoms with Gasteiger partial charge in [-0.2, -0.15) is 0 Å². The van der Waals surface area contributed by atoms with Crippen molar-refractivity contribution in [2.24, 2.45) is 0 Å². The molecule has 0 aliphatic rings. The summed E-state index contributed by atoms with van der Waals surface area (Å²) in [7, 11) is 0. The van der Waals surface area contributed by atoms with E-state index in [1.54, 1.807) is 24.7 Å². The van der Waals surface area contributed by atoms with E-state index in [1.165, 1.54) is 29.9 Å². The van der Waals surface area contributed by atoms with Crippen LogP contribution >= 0.6 is 11.3 Å². The third-order valence-electron chi connectivity index (χ3n) is 3.93. The highest BCUT2D eigenvalue weighted by Crippen LogP contribution is 2.36. The predicted molar refractivity (Wildman–Crippen MR) is 105 cm³/mol. The molecule has 4 aromatic rings. The topological polar surface area (TPSA) is 120 Å². The zero-order chi connectivity index (χ0) is 20.1. The van der Waals surface area contributed by atoms with Gasteiger partial charge in [0.2, 0.25) is 5.88 Å². The summed E-state index contributed by atoms with van der Waals surface area (Å²) >= 11 is 1.49. The van der Waals surface area contributed by atoms with Gasteiger partial charge in [-0.3, -0.25) is 9.97 Å². The van der Waals surface area contributed by atoms with Gasteiger partial charge in [0.05, 0.1) is 36.7 Å². The fourth-order valence-electron chi connectivity index (χ4n) is 2.59. The van der Waals surface area contributed by atoms with E-state index in [4.69, 9.17) is 14.6 Å². The number of rotatable bonds is 8. The standard InChI is InChI=1S/C19H15N5O4S/c25-19(26)14-3-2-12(8-22-14)27-6-1-7-28-17-16-13(15-9-20-4-5-21-15)10-29-18(16)24-11-23-17/h2-5,8-11H,1,6-7H2,(H,25,26). The van der Waals surface area contributed by atoms with Gasteiger partial charge in [-0.1, -0.05) is 0 Å². The van der Waals surface area contributed by atoms with Crippen molar-refractivity contribution in [3.63, 3.8) is 0 Å². The predicted octanol–water partition coefficient (Wildman–Crippen LogP) is 3.09. The van der Waals surface area contributed by atoms with Crippen molar-refractivity contribution in [1.82, 2.24) is 24.9 Å². The maximum atomic E-state index is 10.8. The monoisotopic (exact) mass is 409 g/mol. The number of pyridine rings is 1. The molecule has 0 bridgehead atoms. The number of carbonyl (C=O) groups is 1. The van der Waals surface area contributed by atoms with Crippen molar-refractivity contribution in [3.8, 4) is 22.9 Å². The highest BCUT2D eigenvalue weighted by Gasteiger charge is 2.15. The first-order chi connectivity index (χ1) is 14.2. The second kappa shape index (κ2) is 8.57. The summed E-state index contributed by atoms with van der Waals surface area (Å²) in [5, 5.41) is 11.6. The number of aromatic nitrogens is 5. The molecule has 29 heavy (non-hydrogen) atoms. The van der Waals surface area contributed by atoms with Gasteiger partial charge in [0, 0.05) is 29.8 Å². The van der Waals surface area contributed by atoms with Crippen LogP contribution in [0.4, 0.5) is 0 Å². The van der Waals surface area contributed by atoms with Crippen molar-refractivity contribution in [2.75, 3.05) is 13.2 Å². The van der Waals surface area contributed by atoms with Gasteiger partial charge < -0.3 is 14.6 Å². The number of hydrogen-bond donors (Lipinski definition) is 1. The van der Waals surface area contributed by atoms with E-state index in [0.717, 1.165) is 21.5 Å². The first kappa shape index (κ1) is 18.7. The quantitative estimate of drug-likeness (QED) is 0.438. The van der Waals surface area contributed by atoms with Crippen molar-refractivity contribution < 1.29 is 19.4 Å². The Labute approximate surface area is 169 Å². The number of hydrogen-bond acceptors (Lipinski definition) is 9. The van der Waals surface area contributed by atoms with Crippen LogP contribution in [0.15, 0.2) is 48.6 Å². The Bertz CT molecular complexity index is 1120. The molecule has 0 spiro atoms. The second-order valence-electron chi connectivity index (χ2n) is 5.83. The first-order valence-corrected chi connectivity index (χ1v) is 9.54. The fourth-order valence-corrected chi connectivity index (χ4v) is 3.48. The molecule has 4 heterocycles. The maximum absolute atomic E-state index is 10.8. The van der Waals surface area contributed by atoms with E-state index in [1.807, 2.05) is 5.38 Å². The van der Waals surface area contributed by atoms with Crippen LogP contribution in [-0.4, -0.2) is 49.2 Å². The lowest BCUT2D eigenvalue weighted by molar-refractivity contribution is 0.0690. The minimum absolute atomic E-state index is 0.0249. The molecule has 146 valence electrons. The third-order valence-corrected chi connectivity index (χ3v) is 4.81. The lowest BCUT2D eigenvalue weighted by Gasteiger charge is -2.09. The Kier molecular flexibility index (Phi) is 5.52. The molecule has 9 nitrogen and oxygen atoms in total. The molecule has 0 unspecified atom stereocenters. The van der Waals surface area contributed by atoms with Crippen LogP contribution in [0.2, 0.25) is 0 Å². The summed E-state index contributed by atoms with van der Waals surface area (Å²) in [6.07, 6.45) is 8.42. The summed E-state index contributed by atoms with van der Waals surface area (Å²) < 4.78 is 11.4. The molecule has 4 rings (SSSR count). The van der Waals surface area contributed by atoms with Gasteiger partial charge in [-0.15, -0.1) is 11.3 Å².